The van der Waals surface area contributed by atoms with Crippen molar-refractivity contribution in [1.82, 2.24) is 14.5 Å². The lowest BCUT2D eigenvalue weighted by atomic mass is 10.1. The van der Waals surface area contributed by atoms with Gasteiger partial charge in [-0.1, -0.05) is 13.0 Å². The minimum absolute atomic E-state index is 0. The Hall–Kier alpha value is -1.19. The topological polar surface area (TPSA) is 79.0 Å². The maximum atomic E-state index is 13.1. The highest BCUT2D eigenvalue weighted by molar-refractivity contribution is 7.89. The van der Waals surface area contributed by atoms with Gasteiger partial charge in [-0.25, -0.2) is 8.42 Å². The van der Waals surface area contributed by atoms with Crippen LogP contribution in [0, 0.1) is 0 Å². The zero-order valence-corrected chi connectivity index (χ0v) is 16.6. The molecule has 0 unspecified atom stereocenters. The normalized spacial score (nSPS) is 19.0. The summed E-state index contributed by atoms with van der Waals surface area (Å²) in [5, 5.41) is 3.21. The quantitative estimate of drug-likeness (QED) is 0.802. The molecule has 0 bridgehead atoms. The van der Waals surface area contributed by atoms with Crippen LogP contribution in [0.2, 0.25) is 0 Å². The van der Waals surface area contributed by atoms with Crippen LogP contribution in [0.25, 0.3) is 0 Å². The number of halogens is 1. The maximum Gasteiger partial charge on any atom is 0.253 e. The molecule has 3 rings (SSSR count). The molecule has 1 aromatic carbocycles. The van der Waals surface area contributed by atoms with Crippen LogP contribution in [0.5, 0.6) is 0 Å². The van der Waals surface area contributed by atoms with Gasteiger partial charge in [0.15, 0.2) is 0 Å². The third-order valence-electron chi connectivity index (χ3n) is 4.69. The Labute approximate surface area is 161 Å². The lowest BCUT2D eigenvalue weighted by molar-refractivity contribution is 0.0727. The number of hydrogen-bond acceptors (Lipinski definition) is 5. The second kappa shape index (κ2) is 9.14. The van der Waals surface area contributed by atoms with Crippen molar-refractivity contribution in [2.75, 3.05) is 52.5 Å². The number of aryl methyl sites for hydroxylation is 1. The summed E-state index contributed by atoms with van der Waals surface area (Å²) in [4.78, 5) is 14.7. The van der Waals surface area contributed by atoms with Crippen molar-refractivity contribution in [2.45, 2.75) is 18.2 Å². The predicted molar refractivity (Wildman–Crippen MR) is 101 cm³/mol. The highest BCUT2D eigenvalue weighted by Crippen LogP contribution is 2.24. The van der Waals surface area contributed by atoms with Crippen molar-refractivity contribution in [3.05, 3.63) is 29.3 Å². The molecule has 0 aromatic heterocycles. The molecule has 9 heteroatoms. The van der Waals surface area contributed by atoms with Crippen LogP contribution >= 0.6 is 12.4 Å². The summed E-state index contributed by atoms with van der Waals surface area (Å²) in [5.74, 6) is -0.109. The lowest BCUT2D eigenvalue weighted by Crippen LogP contribution is -2.46. The first-order valence-electron chi connectivity index (χ1n) is 8.75. The van der Waals surface area contributed by atoms with E-state index in [2.05, 4.69) is 5.32 Å². The third kappa shape index (κ3) is 4.37. The number of nitrogens with one attached hydrogen (secondary N) is 1. The molecule has 2 saturated heterocycles. The van der Waals surface area contributed by atoms with E-state index in [-0.39, 0.29) is 23.2 Å². The lowest BCUT2D eigenvalue weighted by Gasteiger charge is -2.29. The second-order valence-corrected chi connectivity index (χ2v) is 8.14. The van der Waals surface area contributed by atoms with E-state index in [4.69, 9.17) is 4.74 Å². The summed E-state index contributed by atoms with van der Waals surface area (Å²) in [6.07, 6.45) is 0.598. The van der Waals surface area contributed by atoms with E-state index in [1.54, 1.807) is 23.1 Å². The highest BCUT2D eigenvalue weighted by atomic mass is 35.5. The summed E-state index contributed by atoms with van der Waals surface area (Å²) < 4.78 is 32.8. The van der Waals surface area contributed by atoms with E-state index in [1.165, 1.54) is 4.31 Å². The Balaban J connectivity index is 0.00000243. The van der Waals surface area contributed by atoms with Crippen molar-refractivity contribution in [1.29, 1.82) is 0 Å². The molecule has 0 atom stereocenters. The van der Waals surface area contributed by atoms with Gasteiger partial charge in [-0.05, 0) is 24.1 Å². The molecule has 1 aromatic rings. The number of hydrogen-bond donors (Lipinski definition) is 1. The number of carbonyl (C=O) groups is 1. The van der Waals surface area contributed by atoms with Gasteiger partial charge in [-0.15, -0.1) is 12.4 Å². The molecule has 1 N–H and O–H groups in total. The summed E-state index contributed by atoms with van der Waals surface area (Å²) >= 11 is 0. The number of rotatable bonds is 4. The smallest absolute Gasteiger partial charge is 0.253 e. The number of sulfonamides is 1. The summed E-state index contributed by atoms with van der Waals surface area (Å²) in [7, 11) is -3.62. The summed E-state index contributed by atoms with van der Waals surface area (Å²) in [6.45, 7) is 6.23. The monoisotopic (exact) mass is 403 g/mol. The van der Waals surface area contributed by atoms with Gasteiger partial charge in [0.1, 0.15) is 0 Å². The van der Waals surface area contributed by atoms with Gasteiger partial charge in [0, 0.05) is 44.8 Å². The summed E-state index contributed by atoms with van der Waals surface area (Å²) in [5.41, 5.74) is 1.18. The number of ether oxygens (including phenoxy) is 1. The van der Waals surface area contributed by atoms with Gasteiger partial charge >= 0.3 is 0 Å². The fourth-order valence-corrected chi connectivity index (χ4v) is 4.92. The van der Waals surface area contributed by atoms with Crippen LogP contribution in [-0.2, 0) is 21.2 Å². The van der Waals surface area contributed by atoms with Gasteiger partial charge in [0.25, 0.3) is 5.91 Å². The minimum atomic E-state index is -3.62. The molecule has 2 aliphatic rings. The zero-order chi connectivity index (χ0) is 17.9. The molecule has 0 aliphatic carbocycles. The van der Waals surface area contributed by atoms with E-state index in [0.29, 0.717) is 51.4 Å². The van der Waals surface area contributed by atoms with Crippen LogP contribution in [0.15, 0.2) is 23.1 Å². The largest absolute Gasteiger partial charge is 0.379 e. The first-order valence-corrected chi connectivity index (χ1v) is 10.2. The van der Waals surface area contributed by atoms with Crippen LogP contribution < -0.4 is 5.32 Å². The number of piperazine rings is 1. The van der Waals surface area contributed by atoms with Crippen molar-refractivity contribution in [3.8, 4) is 0 Å². The standard InChI is InChI=1S/C17H25N3O4S.ClH/c1-2-14-3-4-15(17(21)19-7-5-18-6-8-19)13-16(14)25(22,23)20-9-11-24-12-10-20;/h3-4,13,18H,2,5-12H2,1H3;1H. The van der Waals surface area contributed by atoms with E-state index < -0.39 is 10.0 Å². The van der Waals surface area contributed by atoms with E-state index >= 15 is 0 Å². The Morgan fingerprint density at radius 1 is 1.15 bits per heavy atom. The Kier molecular flexibility index (Phi) is 7.42. The molecule has 0 saturated carbocycles. The van der Waals surface area contributed by atoms with Crippen molar-refractivity contribution in [3.63, 3.8) is 0 Å². The molecule has 146 valence electrons. The zero-order valence-electron chi connectivity index (χ0n) is 14.9. The van der Waals surface area contributed by atoms with E-state index in [0.717, 1.165) is 18.7 Å². The maximum absolute atomic E-state index is 13.1. The number of carbonyl (C=O) groups excluding carboxylic acids is 1. The van der Waals surface area contributed by atoms with E-state index in [1.807, 2.05) is 6.92 Å². The molecular weight excluding hydrogens is 378 g/mol. The Morgan fingerprint density at radius 3 is 2.42 bits per heavy atom. The van der Waals surface area contributed by atoms with Crippen LogP contribution in [-0.4, -0.2) is 76.0 Å². The van der Waals surface area contributed by atoms with Crippen molar-refractivity contribution >= 4 is 28.3 Å². The predicted octanol–water partition coefficient (Wildman–Crippen LogP) is 0.737. The number of benzene rings is 1. The number of morpholine rings is 1. The van der Waals surface area contributed by atoms with Crippen LogP contribution in [0.1, 0.15) is 22.8 Å². The van der Waals surface area contributed by atoms with Gasteiger partial charge in [0.05, 0.1) is 18.1 Å². The third-order valence-corrected chi connectivity index (χ3v) is 6.67. The van der Waals surface area contributed by atoms with E-state index in [9.17, 15) is 13.2 Å². The highest BCUT2D eigenvalue weighted by Gasteiger charge is 2.29. The van der Waals surface area contributed by atoms with Gasteiger partial charge in [-0.3, -0.25) is 4.79 Å². The molecule has 0 spiro atoms. The molecular formula is C17H26ClN3O4S. The summed E-state index contributed by atoms with van der Waals surface area (Å²) in [6, 6.07) is 5.05. The average Bonchev–Trinajstić information content (AvgIpc) is 2.68. The fraction of sp³-hybridized carbons (Fsp3) is 0.588. The molecule has 7 nitrogen and oxygen atoms in total. The number of nitrogens with zero attached hydrogens (tertiary/aromatic N) is 2. The van der Waals surface area contributed by atoms with Gasteiger partial charge in [-0.2, -0.15) is 4.31 Å². The first-order chi connectivity index (χ1) is 12.0. The minimum Gasteiger partial charge on any atom is -0.379 e. The number of amides is 1. The SMILES string of the molecule is CCc1ccc(C(=O)N2CCNCC2)cc1S(=O)(=O)N1CCOCC1.Cl. The molecule has 2 aliphatic heterocycles. The molecule has 26 heavy (non-hydrogen) atoms. The molecule has 0 radical (unpaired) electrons. The first kappa shape index (κ1) is 21.1. The van der Waals surface area contributed by atoms with Crippen LogP contribution in [0.4, 0.5) is 0 Å². The van der Waals surface area contributed by atoms with Gasteiger partial charge < -0.3 is 15.0 Å². The molecule has 2 heterocycles. The van der Waals surface area contributed by atoms with Crippen molar-refractivity contribution < 1.29 is 17.9 Å². The Bertz CT molecular complexity index is 730. The Morgan fingerprint density at radius 2 is 1.81 bits per heavy atom. The molecule has 1 amide bonds. The van der Waals surface area contributed by atoms with Crippen LogP contribution in [0.3, 0.4) is 0 Å². The molecule has 2 fully saturated rings. The van der Waals surface area contributed by atoms with Gasteiger partial charge in [0.2, 0.25) is 10.0 Å². The second-order valence-electron chi connectivity index (χ2n) is 6.23. The fourth-order valence-electron chi connectivity index (χ4n) is 3.20. The average molecular weight is 404 g/mol. The van der Waals surface area contributed by atoms with Crippen molar-refractivity contribution in [2.24, 2.45) is 0 Å².